The summed E-state index contributed by atoms with van der Waals surface area (Å²) in [6.45, 7) is -0.0611. The van der Waals surface area contributed by atoms with E-state index >= 15 is 0 Å². The van der Waals surface area contributed by atoms with Gasteiger partial charge in [0.25, 0.3) is 5.91 Å². The highest BCUT2D eigenvalue weighted by Crippen LogP contribution is 2.29. The molecule has 6 heteroatoms. The van der Waals surface area contributed by atoms with Gasteiger partial charge in [-0.15, -0.1) is 0 Å². The Morgan fingerprint density at radius 2 is 1.86 bits per heavy atom. The number of methoxy groups -OCH3 is 2. The lowest BCUT2D eigenvalue weighted by molar-refractivity contribution is -0.118. The number of hydrogen-bond acceptors (Lipinski definition) is 4. The van der Waals surface area contributed by atoms with Gasteiger partial charge in [-0.05, 0) is 52.9 Å². The Morgan fingerprint density at radius 3 is 2.55 bits per heavy atom. The van der Waals surface area contributed by atoms with Crippen LogP contribution < -0.4 is 19.5 Å². The average Bonchev–Trinajstić information content (AvgIpc) is 2.53. The van der Waals surface area contributed by atoms with E-state index in [9.17, 15) is 4.79 Å². The van der Waals surface area contributed by atoms with Crippen LogP contribution in [0.15, 0.2) is 42.5 Å². The van der Waals surface area contributed by atoms with Crippen molar-refractivity contribution < 1.29 is 19.0 Å². The Bertz CT molecular complexity index is 660. The van der Waals surface area contributed by atoms with E-state index in [1.807, 2.05) is 24.3 Å². The summed E-state index contributed by atoms with van der Waals surface area (Å²) in [5.74, 6) is 1.58. The van der Waals surface area contributed by atoms with Crippen LogP contribution in [0.5, 0.6) is 17.2 Å². The van der Waals surface area contributed by atoms with Crippen molar-refractivity contribution in [2.24, 2.45) is 0 Å². The molecular weight excluding hydrogens is 397 g/mol. The second kappa shape index (κ2) is 7.88. The first-order valence-corrected chi connectivity index (χ1v) is 7.60. The zero-order valence-corrected chi connectivity index (χ0v) is 14.4. The molecule has 0 spiro atoms. The minimum Gasteiger partial charge on any atom is -0.493 e. The maximum Gasteiger partial charge on any atom is 0.262 e. The van der Waals surface area contributed by atoms with Gasteiger partial charge in [0.15, 0.2) is 18.1 Å². The minimum absolute atomic E-state index is 0.0611. The van der Waals surface area contributed by atoms with Gasteiger partial charge in [0.05, 0.1) is 14.2 Å². The molecule has 0 saturated carbocycles. The number of rotatable bonds is 6. The Labute approximate surface area is 142 Å². The van der Waals surface area contributed by atoms with Crippen molar-refractivity contribution in [1.82, 2.24) is 0 Å². The van der Waals surface area contributed by atoms with E-state index in [1.165, 1.54) is 0 Å². The third-order valence-corrected chi connectivity index (χ3v) is 3.50. The number of carbonyl (C=O) groups excluding carboxylic acids is 1. The maximum absolute atomic E-state index is 11.9. The monoisotopic (exact) mass is 413 g/mol. The summed E-state index contributed by atoms with van der Waals surface area (Å²) in [5.41, 5.74) is 0.619. The fraction of sp³-hybridized carbons (Fsp3) is 0.188. The van der Waals surface area contributed by atoms with Crippen molar-refractivity contribution in [1.29, 1.82) is 0 Å². The quantitative estimate of drug-likeness (QED) is 0.739. The third-order valence-electron chi connectivity index (χ3n) is 2.83. The summed E-state index contributed by atoms with van der Waals surface area (Å²) < 4.78 is 16.8. The molecule has 0 radical (unpaired) electrons. The van der Waals surface area contributed by atoms with E-state index in [0.717, 1.165) is 3.57 Å². The van der Waals surface area contributed by atoms with Crippen LogP contribution in [0.4, 0.5) is 5.69 Å². The van der Waals surface area contributed by atoms with Gasteiger partial charge >= 0.3 is 0 Å². The zero-order chi connectivity index (χ0) is 15.9. The molecule has 22 heavy (non-hydrogen) atoms. The van der Waals surface area contributed by atoms with Crippen LogP contribution in [-0.4, -0.2) is 26.7 Å². The van der Waals surface area contributed by atoms with E-state index in [4.69, 9.17) is 14.2 Å². The molecule has 116 valence electrons. The lowest BCUT2D eigenvalue weighted by atomic mass is 10.2. The summed E-state index contributed by atoms with van der Waals surface area (Å²) in [6, 6.07) is 12.7. The Hall–Kier alpha value is -1.96. The average molecular weight is 413 g/mol. The summed E-state index contributed by atoms with van der Waals surface area (Å²) in [6.07, 6.45) is 0. The van der Waals surface area contributed by atoms with Gasteiger partial charge in [0, 0.05) is 15.3 Å². The molecule has 0 aromatic heterocycles. The van der Waals surface area contributed by atoms with E-state index in [0.29, 0.717) is 22.9 Å². The van der Waals surface area contributed by atoms with Crippen LogP contribution in [0, 0.1) is 3.57 Å². The smallest absolute Gasteiger partial charge is 0.262 e. The van der Waals surface area contributed by atoms with Crippen molar-refractivity contribution in [2.45, 2.75) is 0 Å². The molecule has 0 aliphatic heterocycles. The molecule has 0 aliphatic rings. The molecular formula is C16H16INO4. The van der Waals surface area contributed by atoms with Crippen LogP contribution in [0.3, 0.4) is 0 Å². The predicted molar refractivity (Wildman–Crippen MR) is 92.8 cm³/mol. The van der Waals surface area contributed by atoms with Crippen LogP contribution in [-0.2, 0) is 4.79 Å². The first-order chi connectivity index (χ1) is 10.6. The van der Waals surface area contributed by atoms with Gasteiger partial charge in [-0.2, -0.15) is 0 Å². The van der Waals surface area contributed by atoms with Crippen LogP contribution in [0.25, 0.3) is 0 Å². The molecule has 0 unspecified atom stereocenters. The molecule has 0 heterocycles. The molecule has 0 atom stereocenters. The summed E-state index contributed by atoms with van der Waals surface area (Å²) >= 11 is 2.19. The number of nitrogens with one attached hydrogen (secondary N) is 1. The zero-order valence-electron chi connectivity index (χ0n) is 12.3. The fourth-order valence-corrected chi connectivity index (χ4v) is 2.33. The fourth-order valence-electron chi connectivity index (χ4n) is 1.82. The second-order valence-electron chi connectivity index (χ2n) is 4.36. The lowest BCUT2D eigenvalue weighted by Crippen LogP contribution is -2.20. The number of benzene rings is 2. The summed E-state index contributed by atoms with van der Waals surface area (Å²) in [4.78, 5) is 11.9. The third kappa shape index (κ3) is 4.52. The number of ether oxygens (including phenoxy) is 3. The van der Waals surface area contributed by atoms with Gasteiger partial charge in [-0.3, -0.25) is 4.79 Å². The van der Waals surface area contributed by atoms with Gasteiger partial charge in [-0.1, -0.05) is 6.07 Å². The predicted octanol–water partition coefficient (Wildman–Crippen LogP) is 3.33. The first-order valence-electron chi connectivity index (χ1n) is 6.52. The van der Waals surface area contributed by atoms with E-state index < -0.39 is 0 Å². The molecule has 5 nitrogen and oxygen atoms in total. The topological polar surface area (TPSA) is 56.8 Å². The number of anilines is 1. The van der Waals surface area contributed by atoms with Crippen LogP contribution in [0.1, 0.15) is 0 Å². The highest BCUT2D eigenvalue weighted by atomic mass is 127. The highest BCUT2D eigenvalue weighted by Gasteiger charge is 2.08. The van der Waals surface area contributed by atoms with Crippen molar-refractivity contribution in [2.75, 3.05) is 26.1 Å². The second-order valence-corrected chi connectivity index (χ2v) is 5.61. The Morgan fingerprint density at radius 1 is 1.09 bits per heavy atom. The van der Waals surface area contributed by atoms with Gasteiger partial charge < -0.3 is 19.5 Å². The van der Waals surface area contributed by atoms with Gasteiger partial charge in [-0.25, -0.2) is 0 Å². The molecule has 2 aromatic rings. The van der Waals surface area contributed by atoms with Gasteiger partial charge in [0.2, 0.25) is 0 Å². The highest BCUT2D eigenvalue weighted by molar-refractivity contribution is 14.1. The Balaban J connectivity index is 1.94. The first kappa shape index (κ1) is 16.4. The maximum atomic E-state index is 11.9. The number of amides is 1. The SMILES string of the molecule is COc1ccc(NC(=O)COc2cccc(I)c2)cc1OC. The molecule has 1 N–H and O–H groups in total. The number of halogens is 1. The van der Waals surface area contributed by atoms with Crippen molar-refractivity contribution in [3.63, 3.8) is 0 Å². The molecule has 2 rings (SSSR count). The molecule has 2 aromatic carbocycles. The van der Waals surface area contributed by atoms with Crippen LogP contribution in [0.2, 0.25) is 0 Å². The van der Waals surface area contributed by atoms with E-state index in [2.05, 4.69) is 27.9 Å². The molecule has 0 aliphatic carbocycles. The summed E-state index contributed by atoms with van der Waals surface area (Å²) in [5, 5.41) is 2.75. The minimum atomic E-state index is -0.244. The van der Waals surface area contributed by atoms with Gasteiger partial charge in [0.1, 0.15) is 5.75 Å². The molecule has 0 fully saturated rings. The molecule has 0 saturated heterocycles. The van der Waals surface area contributed by atoms with E-state index in [1.54, 1.807) is 32.4 Å². The largest absolute Gasteiger partial charge is 0.493 e. The molecule has 0 bridgehead atoms. The lowest BCUT2D eigenvalue weighted by Gasteiger charge is -2.11. The van der Waals surface area contributed by atoms with Crippen molar-refractivity contribution in [3.05, 3.63) is 46.0 Å². The van der Waals surface area contributed by atoms with Crippen LogP contribution >= 0.6 is 22.6 Å². The standard InChI is InChI=1S/C16H16INO4/c1-20-14-7-6-12(9-15(14)21-2)18-16(19)10-22-13-5-3-4-11(17)8-13/h3-9H,10H2,1-2H3,(H,18,19). The summed E-state index contributed by atoms with van der Waals surface area (Å²) in [7, 11) is 3.11. The van der Waals surface area contributed by atoms with Crippen molar-refractivity contribution >= 4 is 34.2 Å². The van der Waals surface area contributed by atoms with E-state index in [-0.39, 0.29) is 12.5 Å². The normalized spacial score (nSPS) is 9.95. The Kier molecular flexibility index (Phi) is 5.88. The number of carbonyl (C=O) groups is 1. The number of hydrogen-bond donors (Lipinski definition) is 1. The molecule has 1 amide bonds. The van der Waals surface area contributed by atoms with Crippen molar-refractivity contribution in [3.8, 4) is 17.2 Å².